The fraction of sp³-hybridized carbons (Fsp3) is 0.379. The maximum Gasteiger partial charge on any atom is 0.226 e. The maximum absolute atomic E-state index is 13.3. The van der Waals surface area contributed by atoms with Gasteiger partial charge in [-0.15, -0.1) is 0 Å². The van der Waals surface area contributed by atoms with E-state index in [9.17, 15) is 4.79 Å². The quantitative estimate of drug-likeness (QED) is 0.389. The van der Waals surface area contributed by atoms with Gasteiger partial charge in [0.15, 0.2) is 0 Å². The molecule has 6 nitrogen and oxygen atoms in total. The van der Waals surface area contributed by atoms with E-state index in [1.165, 1.54) is 5.56 Å². The molecule has 0 saturated carbocycles. The average molecular weight is 468 g/mol. The molecule has 5 rings (SSSR count). The molecule has 0 N–H and O–H groups in total. The number of aromatic nitrogens is 3. The first-order chi connectivity index (χ1) is 16.9. The van der Waals surface area contributed by atoms with Gasteiger partial charge in [0.1, 0.15) is 0 Å². The van der Waals surface area contributed by atoms with Crippen molar-refractivity contribution in [3.05, 3.63) is 71.7 Å². The van der Waals surface area contributed by atoms with Gasteiger partial charge < -0.3 is 9.80 Å². The number of hydrogen-bond acceptors (Lipinski definition) is 5. The number of piperidine rings is 1. The third-order valence-corrected chi connectivity index (χ3v) is 7.25. The molecule has 35 heavy (non-hydrogen) atoms. The van der Waals surface area contributed by atoms with Crippen LogP contribution in [0.2, 0.25) is 0 Å². The number of rotatable bonds is 5. The number of anilines is 1. The second-order valence-electron chi connectivity index (χ2n) is 10.0. The van der Waals surface area contributed by atoms with E-state index in [2.05, 4.69) is 61.0 Å². The van der Waals surface area contributed by atoms with Gasteiger partial charge in [0.25, 0.3) is 0 Å². The van der Waals surface area contributed by atoms with Crippen LogP contribution in [0.15, 0.2) is 54.9 Å². The molecule has 0 aliphatic carbocycles. The van der Waals surface area contributed by atoms with Gasteiger partial charge in [-0.2, -0.15) is 0 Å². The summed E-state index contributed by atoms with van der Waals surface area (Å²) in [6.45, 7) is 8.65. The van der Waals surface area contributed by atoms with Gasteiger partial charge in [-0.1, -0.05) is 38.1 Å². The molecule has 1 aliphatic heterocycles. The Labute approximate surface area is 207 Å². The predicted octanol–water partition coefficient (Wildman–Crippen LogP) is 5.48. The number of amides is 1. The number of hydrogen-bond donors (Lipinski definition) is 0. The van der Waals surface area contributed by atoms with Gasteiger partial charge in [-0.05, 0) is 60.4 Å². The Hall–Kier alpha value is -3.54. The molecule has 4 aromatic rings. The first kappa shape index (κ1) is 23.2. The van der Waals surface area contributed by atoms with Crippen LogP contribution in [0.5, 0.6) is 0 Å². The number of carbonyl (C=O) groups excluding carboxylic acids is 1. The third-order valence-electron chi connectivity index (χ3n) is 7.25. The van der Waals surface area contributed by atoms with E-state index in [0.717, 1.165) is 64.8 Å². The lowest BCUT2D eigenvalue weighted by Gasteiger charge is -2.33. The number of fused-ring (bicyclic) bond motifs is 2. The van der Waals surface area contributed by atoms with Crippen LogP contribution in [0.25, 0.3) is 21.7 Å². The number of nitrogens with zero attached hydrogens (tertiary/aromatic N) is 5. The molecule has 1 aliphatic rings. The normalized spacial score (nSPS) is 14.7. The summed E-state index contributed by atoms with van der Waals surface area (Å²) in [6.07, 6.45) is 5.31. The summed E-state index contributed by atoms with van der Waals surface area (Å²) < 4.78 is 0. The first-order valence-electron chi connectivity index (χ1n) is 12.5. The molecule has 0 unspecified atom stereocenters. The fourth-order valence-electron chi connectivity index (χ4n) is 5.08. The van der Waals surface area contributed by atoms with E-state index >= 15 is 0 Å². The summed E-state index contributed by atoms with van der Waals surface area (Å²) in [6, 6.07) is 14.7. The standard InChI is InChI=1S/C29H33N5O/c1-19(2)22-8-9-27-26(16-22)20(3)31-29(32-27)34-14-11-21(12-15-34)28(35)33(4)18-24-7-5-6-23-17-30-13-10-25(23)24/h5-10,13,16-17,19,21H,11-12,14-15,18H2,1-4H3. The molecular formula is C29H33N5O. The highest BCUT2D eigenvalue weighted by atomic mass is 16.2. The average Bonchev–Trinajstić information content (AvgIpc) is 2.88. The van der Waals surface area contributed by atoms with Crippen molar-refractivity contribution in [1.29, 1.82) is 0 Å². The van der Waals surface area contributed by atoms with Crippen molar-refractivity contribution < 1.29 is 4.79 Å². The van der Waals surface area contributed by atoms with Crippen LogP contribution in [0.1, 0.15) is 49.4 Å². The van der Waals surface area contributed by atoms with Crippen molar-refractivity contribution in [3.8, 4) is 0 Å². The summed E-state index contributed by atoms with van der Waals surface area (Å²) in [4.78, 5) is 31.3. The molecule has 1 fully saturated rings. The highest BCUT2D eigenvalue weighted by Gasteiger charge is 2.28. The topological polar surface area (TPSA) is 62.2 Å². The fourth-order valence-corrected chi connectivity index (χ4v) is 5.08. The van der Waals surface area contributed by atoms with Gasteiger partial charge in [0.2, 0.25) is 11.9 Å². The van der Waals surface area contributed by atoms with Gasteiger partial charge in [-0.25, -0.2) is 9.97 Å². The van der Waals surface area contributed by atoms with E-state index in [4.69, 9.17) is 9.97 Å². The zero-order chi connectivity index (χ0) is 24.5. The van der Waals surface area contributed by atoms with Crippen molar-refractivity contribution in [3.63, 3.8) is 0 Å². The lowest BCUT2D eigenvalue weighted by molar-refractivity contribution is -0.135. The van der Waals surface area contributed by atoms with Crippen LogP contribution in [0, 0.1) is 12.8 Å². The number of pyridine rings is 1. The van der Waals surface area contributed by atoms with E-state index in [-0.39, 0.29) is 11.8 Å². The molecule has 1 amide bonds. The first-order valence-corrected chi connectivity index (χ1v) is 12.5. The van der Waals surface area contributed by atoms with E-state index in [0.29, 0.717) is 12.5 Å². The molecule has 1 saturated heterocycles. The van der Waals surface area contributed by atoms with Gasteiger partial charge >= 0.3 is 0 Å². The highest BCUT2D eigenvalue weighted by Crippen LogP contribution is 2.27. The molecule has 0 radical (unpaired) electrons. The monoisotopic (exact) mass is 467 g/mol. The second kappa shape index (κ2) is 9.61. The molecule has 0 bridgehead atoms. The summed E-state index contributed by atoms with van der Waals surface area (Å²) in [5.74, 6) is 1.50. The molecule has 0 spiro atoms. The molecule has 2 aromatic heterocycles. The Morgan fingerprint density at radius 1 is 1.09 bits per heavy atom. The summed E-state index contributed by atoms with van der Waals surface area (Å²) in [5.41, 5.74) is 4.45. The Morgan fingerprint density at radius 2 is 1.89 bits per heavy atom. The van der Waals surface area contributed by atoms with Crippen molar-refractivity contribution >= 4 is 33.5 Å². The highest BCUT2D eigenvalue weighted by molar-refractivity contribution is 5.86. The van der Waals surface area contributed by atoms with Gasteiger partial charge in [-0.3, -0.25) is 9.78 Å². The Bertz CT molecular complexity index is 1370. The van der Waals surface area contributed by atoms with E-state index in [1.807, 2.05) is 36.5 Å². The lowest BCUT2D eigenvalue weighted by atomic mass is 9.95. The summed E-state index contributed by atoms with van der Waals surface area (Å²) in [7, 11) is 1.91. The Morgan fingerprint density at radius 3 is 2.66 bits per heavy atom. The largest absolute Gasteiger partial charge is 0.341 e. The maximum atomic E-state index is 13.3. The minimum atomic E-state index is 0.0306. The number of benzene rings is 2. The summed E-state index contributed by atoms with van der Waals surface area (Å²) in [5, 5.41) is 3.38. The minimum Gasteiger partial charge on any atom is -0.341 e. The third kappa shape index (κ3) is 4.70. The molecule has 180 valence electrons. The second-order valence-corrected chi connectivity index (χ2v) is 10.0. The van der Waals surface area contributed by atoms with Crippen LogP contribution >= 0.6 is 0 Å². The molecule has 6 heteroatoms. The van der Waals surface area contributed by atoms with Gasteiger partial charge in [0, 0.05) is 55.8 Å². The van der Waals surface area contributed by atoms with Crippen molar-refractivity contribution in [2.45, 2.75) is 46.1 Å². The van der Waals surface area contributed by atoms with Crippen LogP contribution in [0.3, 0.4) is 0 Å². The Balaban J connectivity index is 1.25. The number of carbonyl (C=O) groups is 1. The van der Waals surface area contributed by atoms with Crippen LogP contribution in [-0.4, -0.2) is 45.9 Å². The van der Waals surface area contributed by atoms with Crippen LogP contribution < -0.4 is 4.90 Å². The van der Waals surface area contributed by atoms with E-state index in [1.54, 1.807) is 0 Å². The zero-order valence-electron chi connectivity index (χ0n) is 21.0. The number of aryl methyl sites for hydroxylation is 1. The lowest BCUT2D eigenvalue weighted by Crippen LogP contribution is -2.41. The molecular weight excluding hydrogens is 434 g/mol. The van der Waals surface area contributed by atoms with E-state index < -0.39 is 0 Å². The summed E-state index contributed by atoms with van der Waals surface area (Å²) >= 11 is 0. The zero-order valence-corrected chi connectivity index (χ0v) is 21.0. The molecule has 0 atom stereocenters. The predicted molar refractivity (Wildman–Crippen MR) is 142 cm³/mol. The van der Waals surface area contributed by atoms with Crippen LogP contribution in [-0.2, 0) is 11.3 Å². The molecule has 3 heterocycles. The SMILES string of the molecule is Cc1nc(N2CCC(C(=O)N(C)Cc3cccc4cnccc34)CC2)nc2ccc(C(C)C)cc12. The van der Waals surface area contributed by atoms with Crippen molar-refractivity contribution in [2.24, 2.45) is 5.92 Å². The van der Waals surface area contributed by atoms with Crippen molar-refractivity contribution in [2.75, 3.05) is 25.0 Å². The van der Waals surface area contributed by atoms with Crippen LogP contribution in [0.4, 0.5) is 5.95 Å². The van der Waals surface area contributed by atoms with Crippen molar-refractivity contribution in [1.82, 2.24) is 19.9 Å². The Kier molecular flexibility index (Phi) is 6.37. The minimum absolute atomic E-state index is 0.0306. The molecule has 2 aromatic carbocycles. The van der Waals surface area contributed by atoms with Gasteiger partial charge in [0.05, 0.1) is 11.2 Å². The smallest absolute Gasteiger partial charge is 0.226 e.